The molecular formula is C22H42O7. The normalized spacial score (nSPS) is 28.4. The van der Waals surface area contributed by atoms with Gasteiger partial charge in [-0.15, -0.1) is 0 Å². The van der Waals surface area contributed by atoms with Crippen LogP contribution < -0.4 is 0 Å². The van der Waals surface area contributed by atoms with E-state index in [9.17, 15) is 30.3 Å². The highest BCUT2D eigenvalue weighted by Crippen LogP contribution is 2.22. The lowest BCUT2D eigenvalue weighted by Gasteiger charge is -2.38. The zero-order chi connectivity index (χ0) is 21.6. The van der Waals surface area contributed by atoms with E-state index in [0.29, 0.717) is 6.42 Å². The number of hydrogen-bond acceptors (Lipinski definition) is 7. The number of Topliss-reactive ketones (excluding diaryl/α,β-unsaturated/α-hetero) is 1. The summed E-state index contributed by atoms with van der Waals surface area (Å²) >= 11 is 0. The molecule has 1 unspecified atom stereocenters. The predicted molar refractivity (Wildman–Crippen MR) is 110 cm³/mol. The van der Waals surface area contributed by atoms with Crippen LogP contribution >= 0.6 is 0 Å². The Kier molecular flexibility index (Phi) is 13.9. The molecule has 1 saturated heterocycles. The maximum atomic E-state index is 12.2. The second-order valence-electron chi connectivity index (χ2n) is 8.37. The van der Waals surface area contributed by atoms with Crippen LogP contribution in [0.2, 0.25) is 0 Å². The minimum Gasteiger partial charge on any atom is -0.387 e. The molecule has 5 N–H and O–H groups in total. The quantitative estimate of drug-likeness (QED) is 0.243. The van der Waals surface area contributed by atoms with Gasteiger partial charge in [-0.2, -0.15) is 0 Å². The number of unbranched alkanes of at least 4 members (excludes halogenated alkanes) is 12. The second-order valence-corrected chi connectivity index (χ2v) is 8.37. The lowest BCUT2D eigenvalue weighted by Crippen LogP contribution is -2.61. The lowest BCUT2D eigenvalue weighted by molar-refractivity contribution is -0.276. The highest BCUT2D eigenvalue weighted by Gasteiger charge is 2.47. The number of rotatable bonds is 16. The van der Waals surface area contributed by atoms with Crippen molar-refractivity contribution in [3.8, 4) is 0 Å². The molecule has 1 aliphatic heterocycles. The van der Waals surface area contributed by atoms with Crippen LogP contribution in [0.3, 0.4) is 0 Å². The van der Waals surface area contributed by atoms with E-state index < -0.39 is 42.6 Å². The zero-order valence-electron chi connectivity index (χ0n) is 17.9. The van der Waals surface area contributed by atoms with E-state index in [0.717, 1.165) is 19.3 Å². The third kappa shape index (κ3) is 9.85. The van der Waals surface area contributed by atoms with Gasteiger partial charge in [0.2, 0.25) is 0 Å². The van der Waals surface area contributed by atoms with Gasteiger partial charge in [-0.1, -0.05) is 90.4 Å². The average molecular weight is 419 g/mol. The molecule has 7 heteroatoms. The maximum absolute atomic E-state index is 12.2. The van der Waals surface area contributed by atoms with Crippen LogP contribution in [0.4, 0.5) is 0 Å². The molecule has 1 rings (SSSR count). The molecule has 0 aromatic heterocycles. The van der Waals surface area contributed by atoms with Gasteiger partial charge in [-0.05, 0) is 6.42 Å². The van der Waals surface area contributed by atoms with Crippen molar-refractivity contribution >= 4 is 5.78 Å². The monoisotopic (exact) mass is 418 g/mol. The van der Waals surface area contributed by atoms with Gasteiger partial charge < -0.3 is 30.3 Å². The molecule has 1 aliphatic rings. The first-order valence-electron chi connectivity index (χ1n) is 11.5. The first kappa shape index (κ1) is 26.5. The van der Waals surface area contributed by atoms with Crippen LogP contribution in [-0.4, -0.2) is 68.1 Å². The molecule has 0 radical (unpaired) electrons. The molecule has 7 nitrogen and oxygen atoms in total. The Morgan fingerprint density at radius 3 is 1.66 bits per heavy atom. The van der Waals surface area contributed by atoms with Crippen LogP contribution in [-0.2, 0) is 9.53 Å². The first-order chi connectivity index (χ1) is 13.9. The molecule has 0 aromatic carbocycles. The van der Waals surface area contributed by atoms with Gasteiger partial charge in [-0.25, -0.2) is 0 Å². The Morgan fingerprint density at radius 1 is 0.724 bits per heavy atom. The van der Waals surface area contributed by atoms with Crippen LogP contribution in [0.25, 0.3) is 0 Å². The summed E-state index contributed by atoms with van der Waals surface area (Å²) in [7, 11) is 0. The fraction of sp³-hybridized carbons (Fsp3) is 0.955. The number of hydrogen-bond donors (Lipinski definition) is 5. The predicted octanol–water partition coefficient (Wildman–Crippen LogP) is 2.20. The van der Waals surface area contributed by atoms with Crippen molar-refractivity contribution in [1.82, 2.24) is 0 Å². The smallest absolute Gasteiger partial charge is 0.192 e. The molecule has 0 amide bonds. The third-order valence-electron chi connectivity index (χ3n) is 5.78. The zero-order valence-corrected chi connectivity index (χ0v) is 17.9. The van der Waals surface area contributed by atoms with E-state index in [1.807, 2.05) is 0 Å². The minimum absolute atomic E-state index is 0.248. The number of carbonyl (C=O) groups excluding carboxylic acids is 1. The fourth-order valence-corrected chi connectivity index (χ4v) is 3.78. The summed E-state index contributed by atoms with van der Waals surface area (Å²) in [6, 6.07) is 0. The first-order valence-corrected chi connectivity index (χ1v) is 11.5. The standard InChI is InChI=1S/C22H42O7/c1-2-3-4-5-6-7-8-9-10-11-12-13-14-15-16(23)17(24)21-19(26)18(25)20(27)22(28)29-21/h16,18-23,25-28H,2-15H2,1H3/t16?,18-,19-,20+,21+,22+/m0/s1. The van der Waals surface area contributed by atoms with Gasteiger partial charge in [0.15, 0.2) is 18.2 Å². The van der Waals surface area contributed by atoms with E-state index in [1.54, 1.807) is 0 Å². The summed E-state index contributed by atoms with van der Waals surface area (Å²) in [4.78, 5) is 12.2. The van der Waals surface area contributed by atoms with Crippen molar-refractivity contribution in [2.45, 2.75) is 134 Å². The number of ether oxygens (including phenoxy) is 1. The van der Waals surface area contributed by atoms with Gasteiger partial charge in [0.25, 0.3) is 0 Å². The summed E-state index contributed by atoms with van der Waals surface area (Å²) in [5, 5.41) is 48.5. The van der Waals surface area contributed by atoms with E-state index in [2.05, 4.69) is 6.92 Å². The number of aliphatic hydroxyl groups is 5. The largest absolute Gasteiger partial charge is 0.387 e. The fourth-order valence-electron chi connectivity index (χ4n) is 3.78. The Bertz CT molecular complexity index is 431. The van der Waals surface area contributed by atoms with Crippen LogP contribution in [0.1, 0.15) is 96.8 Å². The van der Waals surface area contributed by atoms with Gasteiger partial charge in [0, 0.05) is 0 Å². The van der Waals surface area contributed by atoms with E-state index >= 15 is 0 Å². The molecule has 29 heavy (non-hydrogen) atoms. The molecule has 0 saturated carbocycles. The Labute approximate surface area is 175 Å². The van der Waals surface area contributed by atoms with E-state index in [4.69, 9.17) is 4.74 Å². The molecule has 172 valence electrons. The summed E-state index contributed by atoms with van der Waals surface area (Å²) in [5.74, 6) is -0.776. The Balaban J connectivity index is 2.05. The van der Waals surface area contributed by atoms with Crippen molar-refractivity contribution in [3.05, 3.63) is 0 Å². The van der Waals surface area contributed by atoms with Gasteiger partial charge >= 0.3 is 0 Å². The van der Waals surface area contributed by atoms with E-state index in [-0.39, 0.29) is 6.42 Å². The lowest BCUT2D eigenvalue weighted by atomic mass is 9.92. The molecular weight excluding hydrogens is 376 g/mol. The Hall–Kier alpha value is -0.570. The molecule has 0 bridgehead atoms. The summed E-state index contributed by atoms with van der Waals surface area (Å²) in [6.45, 7) is 2.23. The molecule has 1 fully saturated rings. The molecule has 6 atom stereocenters. The van der Waals surface area contributed by atoms with Gasteiger partial charge in [0.05, 0.1) is 0 Å². The van der Waals surface area contributed by atoms with Gasteiger partial charge in [0.1, 0.15) is 24.4 Å². The average Bonchev–Trinajstić information content (AvgIpc) is 2.71. The van der Waals surface area contributed by atoms with Crippen molar-refractivity contribution in [3.63, 3.8) is 0 Å². The summed E-state index contributed by atoms with van der Waals surface area (Å²) < 4.78 is 4.87. The minimum atomic E-state index is -1.77. The molecule has 0 spiro atoms. The molecule has 1 heterocycles. The second kappa shape index (κ2) is 15.3. The van der Waals surface area contributed by atoms with Crippen molar-refractivity contribution in [2.75, 3.05) is 0 Å². The summed E-state index contributed by atoms with van der Waals surface area (Å²) in [5.41, 5.74) is 0. The topological polar surface area (TPSA) is 127 Å². The number of ketones is 1. The van der Waals surface area contributed by atoms with Crippen LogP contribution in [0.5, 0.6) is 0 Å². The highest BCUT2D eigenvalue weighted by atomic mass is 16.6. The van der Waals surface area contributed by atoms with Crippen LogP contribution in [0.15, 0.2) is 0 Å². The summed E-state index contributed by atoms with van der Waals surface area (Å²) in [6.07, 6.45) is 6.17. The number of aliphatic hydroxyl groups excluding tert-OH is 5. The Morgan fingerprint density at radius 2 is 1.17 bits per heavy atom. The van der Waals surface area contributed by atoms with Crippen molar-refractivity contribution < 1.29 is 35.1 Å². The molecule has 0 aliphatic carbocycles. The molecule has 0 aromatic rings. The van der Waals surface area contributed by atoms with Crippen molar-refractivity contribution in [2.24, 2.45) is 0 Å². The van der Waals surface area contributed by atoms with Crippen molar-refractivity contribution in [1.29, 1.82) is 0 Å². The van der Waals surface area contributed by atoms with Crippen LogP contribution in [0, 0.1) is 0 Å². The van der Waals surface area contributed by atoms with E-state index in [1.165, 1.54) is 57.8 Å². The SMILES string of the molecule is CCCCCCCCCCCCCCCC(O)C(=O)[C@H]1O[C@@H](O)[C@H](O)[C@@H](O)[C@@H]1O. The third-order valence-corrected chi connectivity index (χ3v) is 5.78. The highest BCUT2D eigenvalue weighted by molar-refractivity contribution is 5.87. The van der Waals surface area contributed by atoms with Gasteiger partial charge in [-0.3, -0.25) is 4.79 Å². The number of carbonyl (C=O) groups is 1. The maximum Gasteiger partial charge on any atom is 0.192 e.